The minimum absolute atomic E-state index is 0.583. The Bertz CT molecular complexity index is 835. The van der Waals surface area contributed by atoms with Gasteiger partial charge in [-0.15, -0.1) is 6.58 Å². The molecule has 0 spiro atoms. The fourth-order valence-corrected chi connectivity index (χ4v) is 2.07. The van der Waals surface area contributed by atoms with Crippen molar-refractivity contribution in [3.63, 3.8) is 0 Å². The maximum atomic E-state index is 13.3. The highest BCUT2D eigenvalue weighted by Crippen LogP contribution is 2.63. The third-order valence-electron chi connectivity index (χ3n) is 3.62. The largest absolute Gasteiger partial charge is 0.438 e. The second-order valence-electron chi connectivity index (χ2n) is 6.21. The number of halogens is 17. The smallest absolute Gasteiger partial charge is 0.327 e. The van der Waals surface area contributed by atoms with Crippen molar-refractivity contribution < 1.29 is 87.6 Å². The minimum Gasteiger partial charge on any atom is -0.327 e. The number of rotatable bonds is 10. The van der Waals surface area contributed by atoms with Crippen LogP contribution < -0.4 is 5.73 Å². The third kappa shape index (κ3) is 6.23. The molecule has 0 aliphatic heterocycles. The fraction of sp³-hybridized carbons (Fsp3) is 0.846. The third-order valence-corrected chi connectivity index (χ3v) is 4.52. The molecule has 0 rings (SSSR count). The normalized spacial score (nSPS) is 15.4. The van der Waals surface area contributed by atoms with Crippen molar-refractivity contribution >= 4 is 10.1 Å². The first-order valence-electron chi connectivity index (χ1n) is 7.86. The summed E-state index contributed by atoms with van der Waals surface area (Å²) < 4.78 is 247. The topological polar surface area (TPSA) is 80.4 Å². The monoisotopic (exact) mass is 585 g/mol. The highest BCUT2D eigenvalue weighted by molar-refractivity contribution is 7.87. The molecule has 22 heteroatoms. The average Bonchev–Trinajstić information content (AvgIpc) is 2.64. The van der Waals surface area contributed by atoms with Gasteiger partial charge in [-0.2, -0.15) is 83.1 Å². The Balaban J connectivity index is 0. The lowest BCUT2D eigenvalue weighted by atomic mass is 9.90. The molecule has 0 atom stereocenters. The lowest BCUT2D eigenvalue weighted by Crippen LogP contribution is -2.73. The van der Waals surface area contributed by atoms with Gasteiger partial charge in [-0.1, -0.05) is 6.08 Å². The molecule has 0 aliphatic rings. The van der Waals surface area contributed by atoms with Gasteiger partial charge in [0.2, 0.25) is 0 Å². The first-order chi connectivity index (χ1) is 14.9. The highest BCUT2D eigenvalue weighted by Gasteiger charge is 2.94. The number of alkyl halides is 17. The highest BCUT2D eigenvalue weighted by atomic mass is 32.2. The fourth-order valence-electron chi connectivity index (χ4n) is 1.62. The van der Waals surface area contributed by atoms with Gasteiger partial charge in [0.1, 0.15) is 0 Å². The maximum Gasteiger partial charge on any atom is 0.438 e. The van der Waals surface area contributed by atoms with E-state index < -0.39 is 69.9 Å². The van der Waals surface area contributed by atoms with Crippen molar-refractivity contribution in [1.29, 1.82) is 0 Å². The first kappa shape index (κ1) is 35.6. The van der Waals surface area contributed by atoms with Crippen LogP contribution in [0.25, 0.3) is 0 Å². The standard InChI is InChI=1S/C10H5F17O3S.C3H7N/c11-3(12,1-2-4(13,14)15)5(16,17)6(18,19)7(20,21)8(22,23)9(24,25)10(26,27)31(28,29)30;1-2-3-4/h1-2H2,(H,28,29,30);2H,1,3-4H2. The first-order valence-corrected chi connectivity index (χ1v) is 9.30. The van der Waals surface area contributed by atoms with E-state index >= 15 is 0 Å². The molecule has 0 aliphatic carbocycles. The van der Waals surface area contributed by atoms with Crippen molar-refractivity contribution in [3.8, 4) is 0 Å². The summed E-state index contributed by atoms with van der Waals surface area (Å²) in [5.41, 5.74) is 4.91. The Hall–Kier alpha value is -1.58. The molecule has 0 heterocycles. The zero-order valence-electron chi connectivity index (χ0n) is 16.1. The van der Waals surface area contributed by atoms with Crippen molar-refractivity contribution in [3.05, 3.63) is 12.7 Å². The number of nitrogens with two attached hydrogens (primary N) is 1. The van der Waals surface area contributed by atoms with Gasteiger partial charge in [-0.05, 0) is 0 Å². The van der Waals surface area contributed by atoms with E-state index in [2.05, 4.69) is 6.58 Å². The van der Waals surface area contributed by atoms with E-state index in [1.807, 2.05) is 0 Å². The predicted molar refractivity (Wildman–Crippen MR) is 80.7 cm³/mol. The van der Waals surface area contributed by atoms with Crippen LogP contribution in [0.3, 0.4) is 0 Å². The molecule has 4 nitrogen and oxygen atoms in total. The Morgan fingerprint density at radius 3 is 1.17 bits per heavy atom. The second-order valence-corrected chi connectivity index (χ2v) is 7.67. The number of hydrogen-bond acceptors (Lipinski definition) is 3. The van der Waals surface area contributed by atoms with Crippen LogP contribution in [0, 0.1) is 0 Å². The van der Waals surface area contributed by atoms with Gasteiger partial charge in [0, 0.05) is 19.4 Å². The van der Waals surface area contributed by atoms with Crippen LogP contribution >= 0.6 is 0 Å². The molecule has 212 valence electrons. The van der Waals surface area contributed by atoms with Gasteiger partial charge >= 0.3 is 57.1 Å². The van der Waals surface area contributed by atoms with Crippen LogP contribution in [-0.2, 0) is 10.1 Å². The Morgan fingerprint density at radius 1 is 0.629 bits per heavy atom. The van der Waals surface area contributed by atoms with Gasteiger partial charge in [-0.3, -0.25) is 4.55 Å². The molecule has 0 bridgehead atoms. The molecule has 0 saturated heterocycles. The summed E-state index contributed by atoms with van der Waals surface area (Å²) in [7, 11) is -7.84. The van der Waals surface area contributed by atoms with Gasteiger partial charge in [0.15, 0.2) is 0 Å². The van der Waals surface area contributed by atoms with E-state index in [1.54, 1.807) is 6.08 Å². The molecule has 0 saturated carbocycles. The molecule has 0 unspecified atom stereocenters. The van der Waals surface area contributed by atoms with E-state index in [1.165, 1.54) is 0 Å². The Morgan fingerprint density at radius 2 is 0.914 bits per heavy atom. The van der Waals surface area contributed by atoms with E-state index in [-0.39, 0.29) is 0 Å². The molecule has 0 amide bonds. The molecule has 0 aromatic carbocycles. The zero-order valence-corrected chi connectivity index (χ0v) is 16.9. The summed E-state index contributed by atoms with van der Waals surface area (Å²) in [6, 6.07) is 0. The summed E-state index contributed by atoms with van der Waals surface area (Å²) in [4.78, 5) is 0. The van der Waals surface area contributed by atoms with Crippen molar-refractivity contribution in [2.75, 3.05) is 6.54 Å². The lowest BCUT2D eigenvalue weighted by molar-refractivity contribution is -0.436. The van der Waals surface area contributed by atoms with Crippen LogP contribution in [0.1, 0.15) is 12.8 Å². The van der Waals surface area contributed by atoms with Crippen LogP contribution in [0.4, 0.5) is 74.6 Å². The molecule has 0 aromatic heterocycles. The van der Waals surface area contributed by atoms with Crippen molar-refractivity contribution in [2.24, 2.45) is 5.73 Å². The Kier molecular flexibility index (Phi) is 10.2. The van der Waals surface area contributed by atoms with Crippen LogP contribution in [0.2, 0.25) is 0 Å². The molecule has 0 radical (unpaired) electrons. The van der Waals surface area contributed by atoms with Gasteiger partial charge < -0.3 is 5.73 Å². The summed E-state index contributed by atoms with van der Waals surface area (Å²) in [6.07, 6.45) is -10.8. The molecule has 0 fully saturated rings. The van der Waals surface area contributed by atoms with E-state index in [0.29, 0.717) is 6.54 Å². The van der Waals surface area contributed by atoms with Crippen LogP contribution in [-0.4, -0.2) is 66.5 Å². The SMILES string of the molecule is C=CCN.O=S(=O)(O)C(F)(F)C(F)(F)C(F)(F)C(F)(F)C(F)(F)C(F)(F)C(F)(F)CCC(F)(F)F. The Labute approximate surface area is 183 Å². The van der Waals surface area contributed by atoms with E-state index in [9.17, 15) is 83.1 Å². The van der Waals surface area contributed by atoms with Gasteiger partial charge in [0.25, 0.3) is 0 Å². The van der Waals surface area contributed by atoms with E-state index in [4.69, 9.17) is 10.3 Å². The molecule has 35 heavy (non-hydrogen) atoms. The number of hydrogen-bond donors (Lipinski definition) is 2. The second kappa shape index (κ2) is 10.1. The van der Waals surface area contributed by atoms with Gasteiger partial charge in [0.05, 0.1) is 0 Å². The van der Waals surface area contributed by atoms with E-state index in [0.717, 1.165) is 0 Å². The lowest BCUT2D eigenvalue weighted by Gasteiger charge is -2.42. The minimum atomic E-state index is -8.66. The summed E-state index contributed by atoms with van der Waals surface area (Å²) in [5, 5.41) is -7.77. The van der Waals surface area contributed by atoms with Crippen molar-refractivity contribution in [1.82, 2.24) is 0 Å². The average molecular weight is 585 g/mol. The van der Waals surface area contributed by atoms with Crippen molar-refractivity contribution in [2.45, 2.75) is 59.8 Å². The van der Waals surface area contributed by atoms with Crippen LogP contribution in [0.15, 0.2) is 12.7 Å². The molecular weight excluding hydrogens is 573 g/mol. The summed E-state index contributed by atoms with van der Waals surface area (Å²) in [6.45, 7) is 3.94. The maximum absolute atomic E-state index is 13.3. The van der Waals surface area contributed by atoms with Gasteiger partial charge in [-0.25, -0.2) is 0 Å². The molecular formula is C13H12F17NO3S. The summed E-state index contributed by atoms with van der Waals surface area (Å²) in [5.74, 6) is -49.1. The zero-order chi connectivity index (χ0) is 29.3. The summed E-state index contributed by atoms with van der Waals surface area (Å²) >= 11 is 0. The van der Waals surface area contributed by atoms with Crippen LogP contribution in [0.5, 0.6) is 0 Å². The predicted octanol–water partition coefficient (Wildman–Crippen LogP) is 5.75. The molecule has 0 aromatic rings. The quantitative estimate of drug-likeness (QED) is 0.195. The molecule has 3 N–H and O–H groups in total.